The van der Waals surface area contributed by atoms with E-state index in [0.717, 1.165) is 16.1 Å². The number of rotatable bonds is 4. The number of hydrazine groups is 1. The molecule has 6 atom stereocenters. The molecule has 3 aromatic rings. The van der Waals surface area contributed by atoms with Crippen molar-refractivity contribution in [3.63, 3.8) is 0 Å². The number of hydrogen-bond acceptors (Lipinski definition) is 6. The van der Waals surface area contributed by atoms with Crippen LogP contribution in [0.4, 0.5) is 10.1 Å². The van der Waals surface area contributed by atoms with Gasteiger partial charge in [0.25, 0.3) is 11.8 Å². The molecule has 2 N–H and O–H groups in total. The molecule has 3 fully saturated rings. The quantitative estimate of drug-likeness (QED) is 0.289. The molecule has 0 bridgehead atoms. The summed E-state index contributed by atoms with van der Waals surface area (Å²) < 4.78 is 15.2. The second-order valence-electron chi connectivity index (χ2n) is 14.0. The van der Waals surface area contributed by atoms with Gasteiger partial charge < -0.3 is 5.11 Å². The lowest BCUT2D eigenvalue weighted by molar-refractivity contribution is -0.146. The van der Waals surface area contributed by atoms with E-state index < -0.39 is 63.9 Å². The lowest BCUT2D eigenvalue weighted by Gasteiger charge is -2.50. The number of hydrogen-bond donors (Lipinski definition) is 2. The van der Waals surface area contributed by atoms with Crippen molar-refractivity contribution in [2.24, 2.45) is 23.7 Å². The molecule has 4 aliphatic rings. The van der Waals surface area contributed by atoms with Gasteiger partial charge in [0.05, 0.1) is 28.9 Å². The highest BCUT2D eigenvalue weighted by atomic mass is 19.1. The maximum atomic E-state index is 15.2. The molecule has 8 nitrogen and oxygen atoms in total. The number of amides is 4. The standard InChI is InChI=1S/C37H36FN3O5/c1-20-10-13-23(14-11-20)39-41-33(44)27-19-26-24(15-16-25-30(26)34(45)40(32(25)43)36(2,3)4)31(21-12-17-29(42)28(38)18-21)37(27,35(41)46)22-8-6-5-7-9-22/h5-15,17-18,25-27,30-31,39,42H,16,19H2,1-4H3/t25-,26+,27-,30-,31-,37+/m0/s1. The van der Waals surface area contributed by atoms with Gasteiger partial charge in [0.15, 0.2) is 11.6 Å². The average molecular weight is 622 g/mol. The molecule has 0 radical (unpaired) electrons. The summed E-state index contributed by atoms with van der Waals surface area (Å²) in [5.41, 5.74) is 4.12. The fourth-order valence-corrected chi connectivity index (χ4v) is 8.49. The number of carbonyl (C=O) groups excluding carboxylic acids is 4. The van der Waals surface area contributed by atoms with E-state index in [1.165, 1.54) is 17.0 Å². The zero-order chi connectivity index (χ0) is 32.7. The second-order valence-corrected chi connectivity index (χ2v) is 14.0. The molecule has 0 spiro atoms. The molecule has 2 saturated heterocycles. The summed E-state index contributed by atoms with van der Waals surface area (Å²) in [5, 5.41) is 11.2. The Kier molecular flexibility index (Phi) is 6.74. The van der Waals surface area contributed by atoms with Crippen molar-refractivity contribution in [1.82, 2.24) is 9.91 Å². The van der Waals surface area contributed by atoms with E-state index in [9.17, 15) is 19.5 Å². The summed E-state index contributed by atoms with van der Waals surface area (Å²) in [5.74, 6) is -6.49. The number of allylic oxidation sites excluding steroid dienone is 2. The highest BCUT2D eigenvalue weighted by Crippen LogP contribution is 2.64. The third-order valence-electron chi connectivity index (χ3n) is 10.4. The van der Waals surface area contributed by atoms with Crippen molar-refractivity contribution in [3.8, 4) is 5.75 Å². The zero-order valence-corrected chi connectivity index (χ0v) is 26.2. The summed E-state index contributed by atoms with van der Waals surface area (Å²) in [4.78, 5) is 58.7. The number of nitrogens with zero attached hydrogens (tertiary/aromatic N) is 2. The van der Waals surface area contributed by atoms with E-state index in [1.807, 2.05) is 64.1 Å². The van der Waals surface area contributed by atoms with Gasteiger partial charge >= 0.3 is 0 Å². The number of nitrogens with one attached hydrogen (secondary N) is 1. The number of phenolic OH excluding ortho intramolecular Hbond substituents is 1. The minimum absolute atomic E-state index is 0.159. The number of imide groups is 2. The van der Waals surface area contributed by atoms with Crippen LogP contribution in [0.2, 0.25) is 0 Å². The monoisotopic (exact) mass is 621 g/mol. The molecule has 7 rings (SSSR count). The first-order valence-electron chi connectivity index (χ1n) is 15.7. The number of aryl methyl sites for hydroxylation is 1. The first kappa shape index (κ1) is 29.9. The van der Waals surface area contributed by atoms with Crippen molar-refractivity contribution in [2.75, 3.05) is 5.43 Å². The fourth-order valence-electron chi connectivity index (χ4n) is 8.49. The molecule has 0 aromatic heterocycles. The molecule has 4 amide bonds. The number of benzene rings is 3. The molecule has 236 valence electrons. The fraction of sp³-hybridized carbons (Fsp3) is 0.351. The Morgan fingerprint density at radius 1 is 0.891 bits per heavy atom. The van der Waals surface area contributed by atoms with Crippen molar-refractivity contribution in [2.45, 2.75) is 57.4 Å². The van der Waals surface area contributed by atoms with Crippen LogP contribution in [-0.2, 0) is 24.6 Å². The summed E-state index contributed by atoms with van der Waals surface area (Å²) in [7, 11) is 0. The second kappa shape index (κ2) is 10.4. The largest absolute Gasteiger partial charge is 0.505 e. The SMILES string of the molecule is Cc1ccc(NN2C(=O)[C@@H]3C[C@@H]4C(=CC[C@@H]5C(=O)N(C(C)(C)C)C(=O)[C@@H]54)[C@H](c4ccc(O)c(F)c4)[C@]3(c3ccccc3)C2=O)cc1. The van der Waals surface area contributed by atoms with Crippen LogP contribution in [0.5, 0.6) is 5.75 Å². The summed E-state index contributed by atoms with van der Waals surface area (Å²) in [6.45, 7) is 7.41. The number of halogens is 1. The molecule has 2 heterocycles. The first-order chi connectivity index (χ1) is 21.9. The third-order valence-corrected chi connectivity index (χ3v) is 10.4. The molecule has 3 aromatic carbocycles. The smallest absolute Gasteiger partial charge is 0.260 e. The van der Waals surface area contributed by atoms with Gasteiger partial charge in [-0.1, -0.05) is 65.7 Å². The van der Waals surface area contributed by atoms with Crippen molar-refractivity contribution < 1.29 is 28.7 Å². The Balaban J connectivity index is 1.45. The van der Waals surface area contributed by atoms with Crippen LogP contribution in [0.15, 0.2) is 84.4 Å². The van der Waals surface area contributed by atoms with Gasteiger partial charge in [-0.25, -0.2) is 4.39 Å². The van der Waals surface area contributed by atoms with E-state index in [4.69, 9.17) is 0 Å². The average Bonchev–Trinajstić information content (AvgIpc) is 3.41. The van der Waals surface area contributed by atoms with Crippen LogP contribution in [0.25, 0.3) is 0 Å². The zero-order valence-electron chi connectivity index (χ0n) is 26.2. The van der Waals surface area contributed by atoms with Gasteiger partial charge in [0.2, 0.25) is 11.8 Å². The number of fused-ring (bicyclic) bond motifs is 4. The normalized spacial score (nSPS) is 29.0. The van der Waals surface area contributed by atoms with Gasteiger partial charge in [0.1, 0.15) is 0 Å². The summed E-state index contributed by atoms with van der Waals surface area (Å²) in [6, 6.07) is 20.4. The predicted molar refractivity (Wildman–Crippen MR) is 168 cm³/mol. The molecule has 46 heavy (non-hydrogen) atoms. The molecule has 0 unspecified atom stereocenters. The van der Waals surface area contributed by atoms with Crippen LogP contribution in [0.3, 0.4) is 0 Å². The molecular weight excluding hydrogens is 585 g/mol. The maximum Gasteiger partial charge on any atom is 0.260 e. The molecule has 2 aliphatic heterocycles. The number of phenols is 1. The molecule has 1 saturated carbocycles. The Bertz CT molecular complexity index is 1810. The maximum absolute atomic E-state index is 15.2. The van der Waals surface area contributed by atoms with Crippen molar-refractivity contribution in [1.29, 1.82) is 0 Å². The third kappa shape index (κ3) is 4.17. The topological polar surface area (TPSA) is 107 Å². The van der Waals surface area contributed by atoms with E-state index in [0.29, 0.717) is 16.8 Å². The van der Waals surface area contributed by atoms with Crippen molar-refractivity contribution >= 4 is 29.3 Å². The van der Waals surface area contributed by atoms with Crippen LogP contribution in [0.1, 0.15) is 56.2 Å². The van der Waals surface area contributed by atoms with Gasteiger partial charge in [-0.2, -0.15) is 5.01 Å². The number of aromatic hydroxyl groups is 1. The number of carbonyl (C=O) groups is 4. The Hall–Kier alpha value is -4.79. The van der Waals surface area contributed by atoms with Crippen LogP contribution < -0.4 is 5.43 Å². The van der Waals surface area contributed by atoms with Crippen LogP contribution in [0, 0.1) is 36.4 Å². The Morgan fingerprint density at radius 3 is 2.24 bits per heavy atom. The van der Waals surface area contributed by atoms with Gasteiger partial charge in [0, 0.05) is 11.5 Å². The van der Waals surface area contributed by atoms with Crippen molar-refractivity contribution in [3.05, 3.63) is 107 Å². The minimum Gasteiger partial charge on any atom is -0.505 e. The van der Waals surface area contributed by atoms with Gasteiger partial charge in [-0.3, -0.25) is 29.5 Å². The van der Waals surface area contributed by atoms with E-state index in [1.54, 1.807) is 30.3 Å². The lowest BCUT2D eigenvalue weighted by Crippen LogP contribution is -2.53. The summed E-state index contributed by atoms with van der Waals surface area (Å²) in [6.07, 6.45) is 2.38. The first-order valence-corrected chi connectivity index (χ1v) is 15.7. The predicted octanol–water partition coefficient (Wildman–Crippen LogP) is 5.62. The van der Waals surface area contributed by atoms with E-state index >= 15 is 9.18 Å². The highest BCUT2D eigenvalue weighted by molar-refractivity contribution is 6.13. The Labute approximate surface area is 266 Å². The van der Waals surface area contributed by atoms with Crippen LogP contribution >= 0.6 is 0 Å². The molecule has 2 aliphatic carbocycles. The number of likely N-dealkylation sites (tertiary alicyclic amines) is 1. The minimum atomic E-state index is -1.50. The Morgan fingerprint density at radius 2 is 1.59 bits per heavy atom. The lowest BCUT2D eigenvalue weighted by atomic mass is 9.49. The van der Waals surface area contributed by atoms with Crippen LogP contribution in [-0.4, -0.2) is 44.2 Å². The molecule has 9 heteroatoms. The summed E-state index contributed by atoms with van der Waals surface area (Å²) >= 11 is 0. The van der Waals surface area contributed by atoms with Gasteiger partial charge in [-0.05, 0) is 81.8 Å². The highest BCUT2D eigenvalue weighted by Gasteiger charge is 2.70. The number of anilines is 1. The molecular formula is C37H36FN3O5. The van der Waals surface area contributed by atoms with E-state index in [-0.39, 0.29) is 24.7 Å². The van der Waals surface area contributed by atoms with Gasteiger partial charge in [-0.15, -0.1) is 0 Å². The van der Waals surface area contributed by atoms with E-state index in [2.05, 4.69) is 5.43 Å².